The predicted molar refractivity (Wildman–Crippen MR) is 99.1 cm³/mol. The van der Waals surface area contributed by atoms with Gasteiger partial charge in [0.05, 0.1) is 10.7 Å². The normalized spacial score (nSPS) is 10.6. The molecule has 0 heterocycles. The van der Waals surface area contributed by atoms with Crippen LogP contribution in [0.3, 0.4) is 0 Å². The van der Waals surface area contributed by atoms with Gasteiger partial charge in [-0.2, -0.15) is 5.10 Å². The van der Waals surface area contributed by atoms with E-state index in [1.165, 1.54) is 6.21 Å². The number of aryl methyl sites for hydroxylation is 1. The molecule has 0 saturated heterocycles. The average molecular weight is 455 g/mol. The number of phenols is 1. The lowest BCUT2D eigenvalue weighted by Gasteiger charge is -2.05. The number of carbonyl (C=O) groups is 2. The quantitative estimate of drug-likeness (QED) is 0.377. The van der Waals surface area contributed by atoms with E-state index in [1.54, 1.807) is 30.3 Å². The molecule has 0 aliphatic heterocycles. The Balaban J connectivity index is 1.99. The molecule has 3 N–H and O–H groups in total. The van der Waals surface area contributed by atoms with Gasteiger partial charge in [0, 0.05) is 15.7 Å². The summed E-state index contributed by atoms with van der Waals surface area (Å²) in [5, 5.41) is 16.0. The maximum absolute atomic E-state index is 11.8. The summed E-state index contributed by atoms with van der Waals surface area (Å²) in [4.78, 5) is 23.5. The monoisotopic (exact) mass is 453 g/mol. The smallest absolute Gasteiger partial charge is 0.329 e. The van der Waals surface area contributed by atoms with Crippen molar-refractivity contribution in [3.63, 3.8) is 0 Å². The first-order valence-corrected chi connectivity index (χ1v) is 8.34. The summed E-state index contributed by atoms with van der Waals surface area (Å²) in [5.41, 5.74) is 3.96. The van der Waals surface area contributed by atoms with Gasteiger partial charge >= 0.3 is 11.8 Å². The van der Waals surface area contributed by atoms with Gasteiger partial charge in [-0.1, -0.05) is 28.1 Å². The molecule has 0 unspecified atom stereocenters. The summed E-state index contributed by atoms with van der Waals surface area (Å²) in [6.07, 6.45) is 1.24. The maximum Gasteiger partial charge on any atom is 0.329 e. The first kappa shape index (κ1) is 18.2. The lowest BCUT2D eigenvalue weighted by atomic mass is 10.2. The minimum atomic E-state index is -0.915. The number of halogens is 2. The standard InChI is InChI=1S/C16H13Br2N3O3/c1-9-3-2-4-12(5-9)20-15(23)16(24)21-19-8-10-6-11(17)7-13(18)14(10)22/h2-8,22H,1H3,(H,20,23)(H,21,24)/b19-8+. The Bertz CT molecular complexity index is 822. The molecule has 24 heavy (non-hydrogen) atoms. The molecule has 0 aliphatic carbocycles. The molecule has 6 nitrogen and oxygen atoms in total. The number of hydrogen-bond acceptors (Lipinski definition) is 4. The number of nitrogens with one attached hydrogen (secondary N) is 2. The Hall–Kier alpha value is -2.19. The van der Waals surface area contributed by atoms with Crippen LogP contribution in [0.4, 0.5) is 5.69 Å². The van der Waals surface area contributed by atoms with E-state index in [-0.39, 0.29) is 5.75 Å². The second-order valence-electron chi connectivity index (χ2n) is 4.85. The maximum atomic E-state index is 11.8. The predicted octanol–water partition coefficient (Wildman–Crippen LogP) is 3.31. The number of hydrogen-bond donors (Lipinski definition) is 3. The number of amides is 2. The van der Waals surface area contributed by atoms with Gasteiger partial charge in [0.25, 0.3) is 0 Å². The van der Waals surface area contributed by atoms with E-state index in [4.69, 9.17) is 0 Å². The largest absolute Gasteiger partial charge is 0.506 e. The fourth-order valence-electron chi connectivity index (χ4n) is 1.81. The summed E-state index contributed by atoms with van der Waals surface area (Å²) >= 11 is 6.47. The van der Waals surface area contributed by atoms with Crippen LogP contribution in [-0.4, -0.2) is 23.1 Å². The minimum Gasteiger partial charge on any atom is -0.506 e. The molecule has 2 aromatic carbocycles. The Labute approximate surface area is 155 Å². The van der Waals surface area contributed by atoms with E-state index in [0.29, 0.717) is 15.7 Å². The highest BCUT2D eigenvalue weighted by Gasteiger charge is 2.13. The van der Waals surface area contributed by atoms with E-state index in [9.17, 15) is 14.7 Å². The highest BCUT2D eigenvalue weighted by molar-refractivity contribution is 9.11. The molecule has 0 aromatic heterocycles. The summed E-state index contributed by atoms with van der Waals surface area (Å²) in [5.74, 6) is -1.78. The van der Waals surface area contributed by atoms with Crippen LogP contribution < -0.4 is 10.7 Å². The van der Waals surface area contributed by atoms with Crippen molar-refractivity contribution in [3.05, 3.63) is 56.5 Å². The van der Waals surface area contributed by atoms with Crippen LogP contribution in [0.25, 0.3) is 0 Å². The SMILES string of the molecule is Cc1cccc(NC(=O)C(=O)N/N=C/c2cc(Br)cc(Br)c2O)c1. The van der Waals surface area contributed by atoms with Crippen LogP contribution in [0.5, 0.6) is 5.75 Å². The van der Waals surface area contributed by atoms with Gasteiger partial charge in [0.2, 0.25) is 0 Å². The van der Waals surface area contributed by atoms with Gasteiger partial charge in [-0.05, 0) is 52.7 Å². The molecule has 0 aliphatic rings. The van der Waals surface area contributed by atoms with Gasteiger partial charge in [0.1, 0.15) is 5.75 Å². The Morgan fingerprint density at radius 2 is 1.92 bits per heavy atom. The van der Waals surface area contributed by atoms with Gasteiger partial charge < -0.3 is 10.4 Å². The second kappa shape index (κ2) is 8.07. The zero-order valence-corrected chi connectivity index (χ0v) is 15.7. The molecular formula is C16H13Br2N3O3. The average Bonchev–Trinajstić information content (AvgIpc) is 2.51. The van der Waals surface area contributed by atoms with E-state index in [0.717, 1.165) is 10.0 Å². The Kier molecular flexibility index (Phi) is 6.10. The second-order valence-corrected chi connectivity index (χ2v) is 6.62. The molecule has 0 atom stereocenters. The molecule has 0 spiro atoms. The van der Waals surface area contributed by atoms with Crippen LogP contribution in [0.15, 0.2) is 50.4 Å². The van der Waals surface area contributed by atoms with Crippen molar-refractivity contribution in [1.82, 2.24) is 5.43 Å². The van der Waals surface area contributed by atoms with Crippen molar-refractivity contribution >= 4 is 55.6 Å². The minimum absolute atomic E-state index is 0.0274. The van der Waals surface area contributed by atoms with E-state index in [1.807, 2.05) is 13.0 Å². The first-order chi connectivity index (χ1) is 11.4. The number of phenolic OH excluding ortho intramolecular Hbond substituents is 1. The number of aromatic hydroxyl groups is 1. The third-order valence-corrected chi connectivity index (χ3v) is 3.97. The number of nitrogens with zero attached hydrogens (tertiary/aromatic N) is 1. The molecular weight excluding hydrogens is 442 g/mol. The van der Waals surface area contributed by atoms with Crippen LogP contribution in [0.1, 0.15) is 11.1 Å². The van der Waals surface area contributed by atoms with Gasteiger partial charge in [-0.3, -0.25) is 9.59 Å². The van der Waals surface area contributed by atoms with Crippen molar-refractivity contribution in [1.29, 1.82) is 0 Å². The summed E-state index contributed by atoms with van der Waals surface area (Å²) < 4.78 is 1.19. The lowest BCUT2D eigenvalue weighted by Crippen LogP contribution is -2.32. The molecule has 0 bridgehead atoms. The van der Waals surface area contributed by atoms with Gasteiger partial charge in [0.15, 0.2) is 0 Å². The first-order valence-electron chi connectivity index (χ1n) is 6.76. The topological polar surface area (TPSA) is 90.8 Å². The number of benzene rings is 2. The third kappa shape index (κ3) is 4.90. The molecule has 0 radical (unpaired) electrons. The van der Waals surface area contributed by atoms with E-state index in [2.05, 4.69) is 47.7 Å². The fourth-order valence-corrected chi connectivity index (χ4v) is 3.06. The Morgan fingerprint density at radius 1 is 1.17 bits per heavy atom. The number of anilines is 1. The van der Waals surface area contributed by atoms with E-state index < -0.39 is 11.8 Å². The van der Waals surface area contributed by atoms with Crippen LogP contribution in [0.2, 0.25) is 0 Å². The number of rotatable bonds is 3. The summed E-state index contributed by atoms with van der Waals surface area (Å²) in [6.45, 7) is 1.88. The highest BCUT2D eigenvalue weighted by atomic mass is 79.9. The molecule has 0 fully saturated rings. The van der Waals surface area contributed by atoms with Crippen LogP contribution >= 0.6 is 31.9 Å². The number of carbonyl (C=O) groups excluding carboxylic acids is 2. The zero-order chi connectivity index (χ0) is 17.7. The fraction of sp³-hybridized carbons (Fsp3) is 0.0625. The van der Waals surface area contributed by atoms with Crippen molar-refractivity contribution < 1.29 is 14.7 Å². The molecule has 2 aromatic rings. The molecule has 2 rings (SSSR count). The highest BCUT2D eigenvalue weighted by Crippen LogP contribution is 2.30. The lowest BCUT2D eigenvalue weighted by molar-refractivity contribution is -0.136. The van der Waals surface area contributed by atoms with Gasteiger partial charge in [-0.25, -0.2) is 5.43 Å². The number of hydrazone groups is 1. The van der Waals surface area contributed by atoms with E-state index >= 15 is 0 Å². The third-order valence-electron chi connectivity index (χ3n) is 2.91. The van der Waals surface area contributed by atoms with Crippen molar-refractivity contribution in [3.8, 4) is 5.75 Å². The Morgan fingerprint density at radius 3 is 2.62 bits per heavy atom. The van der Waals surface area contributed by atoms with Crippen LogP contribution in [0, 0.1) is 6.92 Å². The van der Waals surface area contributed by atoms with Gasteiger partial charge in [-0.15, -0.1) is 0 Å². The zero-order valence-electron chi connectivity index (χ0n) is 12.5. The summed E-state index contributed by atoms with van der Waals surface area (Å²) in [7, 11) is 0. The molecule has 2 amide bonds. The van der Waals surface area contributed by atoms with Crippen molar-refractivity contribution in [2.24, 2.45) is 5.10 Å². The molecule has 8 heteroatoms. The van der Waals surface area contributed by atoms with Crippen molar-refractivity contribution in [2.75, 3.05) is 5.32 Å². The summed E-state index contributed by atoms with van der Waals surface area (Å²) in [6, 6.07) is 10.4. The molecule has 0 saturated carbocycles. The molecule has 124 valence electrons. The van der Waals surface area contributed by atoms with Crippen LogP contribution in [-0.2, 0) is 9.59 Å². The van der Waals surface area contributed by atoms with Crippen molar-refractivity contribution in [2.45, 2.75) is 6.92 Å².